The number of amides is 1. The second kappa shape index (κ2) is 10.2. The van der Waals surface area contributed by atoms with Crippen LogP contribution in [0.2, 0.25) is 10.0 Å². The summed E-state index contributed by atoms with van der Waals surface area (Å²) in [5, 5.41) is 2.31. The highest BCUT2D eigenvalue weighted by Crippen LogP contribution is 2.26. The summed E-state index contributed by atoms with van der Waals surface area (Å²) in [6.07, 6.45) is 0. The fourth-order valence-electron chi connectivity index (χ4n) is 4.76. The van der Waals surface area contributed by atoms with Gasteiger partial charge in [-0.3, -0.25) is 19.7 Å². The second-order valence-electron chi connectivity index (χ2n) is 9.44. The van der Waals surface area contributed by atoms with E-state index in [0.717, 1.165) is 58.9 Å². The highest BCUT2D eigenvalue weighted by Gasteiger charge is 2.26. The summed E-state index contributed by atoms with van der Waals surface area (Å²) in [6, 6.07) is 15.5. The minimum atomic E-state index is 0.0399. The lowest BCUT2D eigenvalue weighted by Gasteiger charge is -2.35. The molecule has 3 heterocycles. The summed E-state index contributed by atoms with van der Waals surface area (Å²) in [4.78, 5) is 27.4. The number of carbonyl (C=O) groups excluding carboxylic acids is 1. The lowest BCUT2D eigenvalue weighted by Crippen LogP contribution is -2.48. The Bertz CT molecular complexity index is 1420. The molecule has 0 saturated carbocycles. The second-order valence-corrected chi connectivity index (χ2v) is 10.3. The van der Waals surface area contributed by atoms with Crippen LogP contribution in [0.5, 0.6) is 0 Å². The molecule has 0 atom stereocenters. The first-order valence-electron chi connectivity index (χ1n) is 12.1. The van der Waals surface area contributed by atoms with Crippen LogP contribution >= 0.6 is 23.2 Å². The van der Waals surface area contributed by atoms with Gasteiger partial charge in [-0.2, -0.15) is 0 Å². The molecule has 1 saturated heterocycles. The molecule has 8 heteroatoms. The molecule has 0 unspecified atom stereocenters. The number of benzene rings is 2. The van der Waals surface area contributed by atoms with Crippen molar-refractivity contribution in [2.24, 2.45) is 0 Å². The zero-order valence-corrected chi connectivity index (χ0v) is 22.3. The lowest BCUT2D eigenvalue weighted by molar-refractivity contribution is 0.0617. The average molecular weight is 522 g/mol. The summed E-state index contributed by atoms with van der Waals surface area (Å²) >= 11 is 12.3. The maximum atomic E-state index is 13.7. The number of aromatic nitrogens is 3. The lowest BCUT2D eigenvalue weighted by atomic mass is 10.2. The van der Waals surface area contributed by atoms with E-state index in [1.54, 1.807) is 0 Å². The number of rotatable bonds is 5. The standard InChI is InChI=1S/C28H29Cl2N5O/c1-18-19(2)32-25(20(3)31-18)17-33-10-12-34(13-11-33)28(36)27-15-22-14-24(30)8-9-26(22)35(27)16-21-4-6-23(29)7-5-21/h4-9,14-15H,10-13,16-17H2,1-3H3. The number of piperazine rings is 1. The van der Waals surface area contributed by atoms with E-state index in [1.807, 2.05) is 74.2 Å². The SMILES string of the molecule is Cc1nc(C)c(CN2CCN(C(=O)c3cc4cc(Cl)ccc4n3Cc3ccc(Cl)cc3)CC2)nc1C. The van der Waals surface area contributed by atoms with Gasteiger partial charge >= 0.3 is 0 Å². The number of carbonyl (C=O) groups is 1. The van der Waals surface area contributed by atoms with E-state index in [4.69, 9.17) is 28.2 Å². The molecule has 6 nitrogen and oxygen atoms in total. The molecule has 186 valence electrons. The molecule has 1 fully saturated rings. The molecule has 1 aliphatic rings. The normalized spacial score (nSPS) is 14.5. The van der Waals surface area contributed by atoms with Crippen molar-refractivity contribution in [3.05, 3.63) is 92.6 Å². The summed E-state index contributed by atoms with van der Waals surface area (Å²) in [5.74, 6) is 0.0399. The molecule has 0 N–H and O–H groups in total. The molecular weight excluding hydrogens is 493 g/mol. The Labute approximate surface area is 221 Å². The van der Waals surface area contributed by atoms with E-state index in [0.29, 0.717) is 35.4 Å². The topological polar surface area (TPSA) is 54.3 Å². The van der Waals surface area contributed by atoms with Crippen LogP contribution in [0.25, 0.3) is 10.9 Å². The van der Waals surface area contributed by atoms with Crippen LogP contribution in [-0.2, 0) is 13.1 Å². The van der Waals surface area contributed by atoms with Crippen molar-refractivity contribution >= 4 is 40.0 Å². The van der Waals surface area contributed by atoms with Gasteiger partial charge in [-0.1, -0.05) is 35.3 Å². The number of halogens is 2. The third kappa shape index (κ3) is 5.12. The molecule has 0 radical (unpaired) electrons. The molecular formula is C28H29Cl2N5O. The van der Waals surface area contributed by atoms with Crippen LogP contribution in [0.3, 0.4) is 0 Å². The van der Waals surface area contributed by atoms with Crippen LogP contribution in [-0.4, -0.2) is 56.4 Å². The largest absolute Gasteiger partial charge is 0.335 e. The predicted molar refractivity (Wildman–Crippen MR) is 145 cm³/mol. The van der Waals surface area contributed by atoms with Crippen molar-refractivity contribution in [3.63, 3.8) is 0 Å². The first-order valence-corrected chi connectivity index (χ1v) is 12.9. The smallest absolute Gasteiger partial charge is 0.270 e. The first kappa shape index (κ1) is 24.8. The zero-order chi connectivity index (χ0) is 25.4. The fourth-order valence-corrected chi connectivity index (χ4v) is 5.06. The Balaban J connectivity index is 1.35. The van der Waals surface area contributed by atoms with Crippen LogP contribution in [0.4, 0.5) is 0 Å². The highest BCUT2D eigenvalue weighted by molar-refractivity contribution is 6.31. The Morgan fingerprint density at radius 2 is 1.47 bits per heavy atom. The van der Waals surface area contributed by atoms with Gasteiger partial charge < -0.3 is 9.47 Å². The average Bonchev–Trinajstić information content (AvgIpc) is 3.21. The molecule has 0 spiro atoms. The molecule has 1 aliphatic heterocycles. The number of fused-ring (bicyclic) bond motifs is 1. The first-order chi connectivity index (χ1) is 17.3. The monoisotopic (exact) mass is 521 g/mol. The van der Waals surface area contributed by atoms with Gasteiger partial charge in [-0.05, 0) is 62.7 Å². The Morgan fingerprint density at radius 1 is 0.806 bits per heavy atom. The van der Waals surface area contributed by atoms with E-state index < -0.39 is 0 Å². The van der Waals surface area contributed by atoms with Crippen molar-refractivity contribution in [1.29, 1.82) is 0 Å². The Morgan fingerprint density at radius 3 is 2.19 bits per heavy atom. The van der Waals surface area contributed by atoms with Crippen LogP contribution < -0.4 is 0 Å². The Hall–Kier alpha value is -2.93. The minimum absolute atomic E-state index is 0.0399. The summed E-state index contributed by atoms with van der Waals surface area (Å²) in [6.45, 7) is 10.2. The number of aryl methyl sites for hydroxylation is 3. The van der Waals surface area contributed by atoms with E-state index >= 15 is 0 Å². The van der Waals surface area contributed by atoms with Crippen LogP contribution in [0, 0.1) is 20.8 Å². The fraction of sp³-hybridized carbons (Fsp3) is 0.321. The van der Waals surface area contributed by atoms with Crippen LogP contribution in [0.1, 0.15) is 38.8 Å². The van der Waals surface area contributed by atoms with Crippen LogP contribution in [0.15, 0.2) is 48.5 Å². The van der Waals surface area contributed by atoms with Gasteiger partial charge in [0.1, 0.15) is 5.69 Å². The Kier molecular flexibility index (Phi) is 7.02. The van der Waals surface area contributed by atoms with Crippen molar-refractivity contribution in [1.82, 2.24) is 24.3 Å². The summed E-state index contributed by atoms with van der Waals surface area (Å²) < 4.78 is 2.08. The maximum Gasteiger partial charge on any atom is 0.270 e. The molecule has 36 heavy (non-hydrogen) atoms. The van der Waals surface area contributed by atoms with E-state index in [2.05, 4.69) is 14.5 Å². The molecule has 0 aliphatic carbocycles. The van der Waals surface area contributed by atoms with Gasteiger partial charge in [-0.15, -0.1) is 0 Å². The van der Waals surface area contributed by atoms with Gasteiger partial charge in [0.25, 0.3) is 5.91 Å². The third-order valence-electron chi connectivity index (χ3n) is 6.95. The minimum Gasteiger partial charge on any atom is -0.335 e. The molecule has 5 rings (SSSR count). The molecule has 1 amide bonds. The van der Waals surface area contributed by atoms with Crippen molar-refractivity contribution in [3.8, 4) is 0 Å². The number of hydrogen-bond acceptors (Lipinski definition) is 4. The summed E-state index contributed by atoms with van der Waals surface area (Å²) in [7, 11) is 0. The molecule has 4 aromatic rings. The number of hydrogen-bond donors (Lipinski definition) is 0. The van der Waals surface area contributed by atoms with Gasteiger partial charge in [0, 0.05) is 60.2 Å². The van der Waals surface area contributed by atoms with Crippen molar-refractivity contribution in [2.75, 3.05) is 26.2 Å². The number of nitrogens with zero attached hydrogens (tertiary/aromatic N) is 5. The van der Waals surface area contributed by atoms with E-state index in [1.165, 1.54) is 0 Å². The van der Waals surface area contributed by atoms with E-state index in [-0.39, 0.29) is 5.91 Å². The van der Waals surface area contributed by atoms with E-state index in [9.17, 15) is 4.79 Å². The van der Waals surface area contributed by atoms with Gasteiger partial charge in [0.05, 0.1) is 22.8 Å². The van der Waals surface area contributed by atoms with Gasteiger partial charge in [-0.25, -0.2) is 0 Å². The maximum absolute atomic E-state index is 13.7. The molecule has 2 aromatic heterocycles. The zero-order valence-electron chi connectivity index (χ0n) is 20.8. The molecule has 2 aromatic carbocycles. The summed E-state index contributed by atoms with van der Waals surface area (Å²) in [5.41, 5.74) is 6.67. The van der Waals surface area contributed by atoms with Gasteiger partial charge in [0.2, 0.25) is 0 Å². The van der Waals surface area contributed by atoms with Crippen molar-refractivity contribution in [2.45, 2.75) is 33.9 Å². The van der Waals surface area contributed by atoms with Gasteiger partial charge in [0.15, 0.2) is 0 Å². The quantitative estimate of drug-likeness (QED) is 0.339. The van der Waals surface area contributed by atoms with Crippen molar-refractivity contribution < 1.29 is 4.79 Å². The third-order valence-corrected chi connectivity index (χ3v) is 7.44. The molecule has 0 bridgehead atoms. The highest BCUT2D eigenvalue weighted by atomic mass is 35.5. The predicted octanol–water partition coefficient (Wildman–Crippen LogP) is 5.67.